The van der Waals surface area contributed by atoms with Gasteiger partial charge in [0.25, 0.3) is 0 Å². The lowest BCUT2D eigenvalue weighted by Gasteiger charge is -2.29. The number of urea groups is 1. The number of carbonyl (C=O) groups excluding carboxylic acids is 1. The van der Waals surface area contributed by atoms with Gasteiger partial charge in [0, 0.05) is 12.6 Å². The Bertz CT molecular complexity index is 358. The Morgan fingerprint density at radius 2 is 1.85 bits per heavy atom. The molecule has 0 heterocycles. The van der Waals surface area contributed by atoms with Gasteiger partial charge in [-0.1, -0.05) is 19.8 Å². The third-order valence-electron chi connectivity index (χ3n) is 4.77. The lowest BCUT2D eigenvalue weighted by molar-refractivity contribution is -0.143. The van der Waals surface area contributed by atoms with E-state index in [1.165, 1.54) is 25.7 Å². The molecule has 2 rings (SSSR count). The molecule has 2 amide bonds. The van der Waals surface area contributed by atoms with Crippen molar-refractivity contribution in [3.63, 3.8) is 0 Å². The fourth-order valence-electron chi connectivity index (χ4n) is 3.11. The van der Waals surface area contributed by atoms with Crippen LogP contribution in [-0.4, -0.2) is 29.7 Å². The number of hydrogen-bond acceptors (Lipinski definition) is 2. The molecule has 3 N–H and O–H groups in total. The number of rotatable bonds is 6. The molecule has 0 atom stereocenters. The number of carboxylic acid groups (broad SMARTS) is 1. The zero-order chi connectivity index (χ0) is 14.6. The minimum atomic E-state index is -0.794. The first-order valence-electron chi connectivity index (χ1n) is 7.83. The summed E-state index contributed by atoms with van der Waals surface area (Å²) in [5.41, 5.74) is -0.684. The van der Waals surface area contributed by atoms with E-state index < -0.39 is 11.4 Å². The standard InChI is InChI=1S/C15H26N2O3/c1-2-3-11-4-6-12(7-5-11)17-14(20)16-10-15(8-9-15)13(18)19/h11-12H,2-10H2,1H3,(H,18,19)(H2,16,17,20). The SMILES string of the molecule is CCCC1CCC(NC(=O)NCC2(C(=O)O)CC2)CC1. The van der Waals surface area contributed by atoms with Gasteiger partial charge in [0.1, 0.15) is 0 Å². The molecule has 2 fully saturated rings. The van der Waals surface area contributed by atoms with E-state index in [1.54, 1.807) is 0 Å². The minimum Gasteiger partial charge on any atom is -0.481 e. The zero-order valence-electron chi connectivity index (χ0n) is 12.3. The summed E-state index contributed by atoms with van der Waals surface area (Å²) < 4.78 is 0. The van der Waals surface area contributed by atoms with E-state index in [0.717, 1.165) is 18.8 Å². The number of nitrogens with one attached hydrogen (secondary N) is 2. The molecule has 0 radical (unpaired) electrons. The summed E-state index contributed by atoms with van der Waals surface area (Å²) in [5, 5.41) is 14.7. The first-order chi connectivity index (χ1) is 9.55. The van der Waals surface area contributed by atoms with Gasteiger partial charge >= 0.3 is 12.0 Å². The van der Waals surface area contributed by atoms with Crippen molar-refractivity contribution in [2.45, 2.75) is 64.3 Å². The van der Waals surface area contributed by atoms with Gasteiger partial charge in [0.15, 0.2) is 0 Å². The highest BCUT2D eigenvalue weighted by Crippen LogP contribution is 2.45. The maximum Gasteiger partial charge on any atom is 0.315 e. The highest BCUT2D eigenvalue weighted by Gasteiger charge is 2.50. The average molecular weight is 282 g/mol. The van der Waals surface area contributed by atoms with Gasteiger partial charge in [-0.2, -0.15) is 0 Å². The van der Waals surface area contributed by atoms with Gasteiger partial charge < -0.3 is 15.7 Å². The van der Waals surface area contributed by atoms with Crippen LogP contribution in [0, 0.1) is 11.3 Å². The van der Waals surface area contributed by atoms with E-state index >= 15 is 0 Å². The summed E-state index contributed by atoms with van der Waals surface area (Å²) in [6, 6.07) is 0.0413. The third-order valence-corrected chi connectivity index (χ3v) is 4.77. The van der Waals surface area contributed by atoms with Crippen LogP contribution in [0.15, 0.2) is 0 Å². The molecule has 2 aliphatic rings. The van der Waals surface area contributed by atoms with Crippen LogP contribution < -0.4 is 10.6 Å². The van der Waals surface area contributed by atoms with Crippen molar-refractivity contribution < 1.29 is 14.7 Å². The summed E-state index contributed by atoms with van der Waals surface area (Å²) in [6.07, 6.45) is 8.34. The fourth-order valence-corrected chi connectivity index (χ4v) is 3.11. The lowest BCUT2D eigenvalue weighted by atomic mass is 9.83. The molecule has 0 aromatic rings. The van der Waals surface area contributed by atoms with Crippen LogP contribution in [0.3, 0.4) is 0 Å². The van der Waals surface area contributed by atoms with E-state index in [2.05, 4.69) is 17.6 Å². The van der Waals surface area contributed by atoms with Crippen LogP contribution in [-0.2, 0) is 4.79 Å². The molecule has 2 aliphatic carbocycles. The molecular weight excluding hydrogens is 256 g/mol. The van der Waals surface area contributed by atoms with E-state index in [4.69, 9.17) is 5.11 Å². The first-order valence-corrected chi connectivity index (χ1v) is 7.83. The lowest BCUT2D eigenvalue weighted by Crippen LogP contribution is -2.46. The van der Waals surface area contributed by atoms with E-state index in [1.807, 2.05) is 0 Å². The van der Waals surface area contributed by atoms with Crippen molar-refractivity contribution in [3.05, 3.63) is 0 Å². The van der Waals surface area contributed by atoms with Gasteiger partial charge in [-0.25, -0.2) is 4.79 Å². The van der Waals surface area contributed by atoms with E-state index in [9.17, 15) is 9.59 Å². The van der Waals surface area contributed by atoms with Crippen molar-refractivity contribution in [3.8, 4) is 0 Å². The van der Waals surface area contributed by atoms with Crippen molar-refractivity contribution in [1.82, 2.24) is 10.6 Å². The van der Waals surface area contributed by atoms with Gasteiger partial charge in [-0.05, 0) is 44.4 Å². The fraction of sp³-hybridized carbons (Fsp3) is 0.867. The van der Waals surface area contributed by atoms with Crippen LogP contribution in [0.4, 0.5) is 4.79 Å². The Balaban J connectivity index is 1.64. The monoisotopic (exact) mass is 282 g/mol. The molecule has 0 spiro atoms. The van der Waals surface area contributed by atoms with E-state index in [-0.39, 0.29) is 18.6 Å². The third kappa shape index (κ3) is 3.87. The number of hydrogen-bond donors (Lipinski definition) is 3. The Morgan fingerprint density at radius 1 is 1.20 bits per heavy atom. The molecule has 5 nitrogen and oxygen atoms in total. The number of carboxylic acids is 1. The number of carbonyl (C=O) groups is 2. The smallest absolute Gasteiger partial charge is 0.315 e. The topological polar surface area (TPSA) is 78.4 Å². The minimum absolute atomic E-state index is 0.212. The highest BCUT2D eigenvalue weighted by atomic mass is 16.4. The molecule has 2 saturated carbocycles. The summed E-state index contributed by atoms with van der Waals surface area (Å²) in [7, 11) is 0. The molecule has 0 aromatic carbocycles. The highest BCUT2D eigenvalue weighted by molar-refractivity contribution is 5.80. The van der Waals surface area contributed by atoms with Gasteiger partial charge in [0.05, 0.1) is 5.41 Å². The van der Waals surface area contributed by atoms with Crippen molar-refractivity contribution in [2.75, 3.05) is 6.54 Å². The molecular formula is C15H26N2O3. The molecule has 0 aromatic heterocycles. The van der Waals surface area contributed by atoms with Crippen molar-refractivity contribution >= 4 is 12.0 Å². The molecule has 20 heavy (non-hydrogen) atoms. The number of amides is 2. The second-order valence-electron chi connectivity index (χ2n) is 6.42. The van der Waals surface area contributed by atoms with Crippen LogP contribution >= 0.6 is 0 Å². The summed E-state index contributed by atoms with van der Waals surface area (Å²) in [5.74, 6) is 0.0285. The molecule has 0 aliphatic heterocycles. The Hall–Kier alpha value is -1.26. The maximum atomic E-state index is 11.8. The van der Waals surface area contributed by atoms with Crippen molar-refractivity contribution in [2.24, 2.45) is 11.3 Å². The van der Waals surface area contributed by atoms with E-state index in [0.29, 0.717) is 12.8 Å². The Morgan fingerprint density at radius 3 is 2.35 bits per heavy atom. The second kappa shape index (κ2) is 6.46. The zero-order valence-corrected chi connectivity index (χ0v) is 12.3. The molecule has 5 heteroatoms. The van der Waals surface area contributed by atoms with Crippen molar-refractivity contribution in [1.29, 1.82) is 0 Å². The van der Waals surface area contributed by atoms with Gasteiger partial charge in [-0.15, -0.1) is 0 Å². The maximum absolute atomic E-state index is 11.8. The molecule has 0 saturated heterocycles. The predicted molar refractivity (Wildman–Crippen MR) is 76.5 cm³/mol. The normalized spacial score (nSPS) is 27.6. The first kappa shape index (κ1) is 15.1. The summed E-state index contributed by atoms with van der Waals surface area (Å²) in [6.45, 7) is 2.47. The average Bonchev–Trinajstić information content (AvgIpc) is 3.20. The second-order valence-corrected chi connectivity index (χ2v) is 6.42. The summed E-state index contributed by atoms with van der Waals surface area (Å²) in [4.78, 5) is 22.8. The Kier molecular flexibility index (Phi) is 4.89. The molecule has 0 bridgehead atoms. The van der Waals surface area contributed by atoms with Gasteiger partial charge in [0.2, 0.25) is 0 Å². The summed E-state index contributed by atoms with van der Waals surface area (Å²) >= 11 is 0. The molecule has 0 unspecified atom stereocenters. The molecule has 114 valence electrons. The Labute approximate surface area is 120 Å². The number of aliphatic carboxylic acids is 1. The quantitative estimate of drug-likeness (QED) is 0.700. The van der Waals surface area contributed by atoms with Crippen LogP contribution in [0.1, 0.15) is 58.3 Å². The largest absolute Gasteiger partial charge is 0.481 e. The van der Waals surface area contributed by atoms with Gasteiger partial charge in [-0.3, -0.25) is 4.79 Å². The van der Waals surface area contributed by atoms with Crippen LogP contribution in [0.2, 0.25) is 0 Å². The predicted octanol–water partition coefficient (Wildman–Crippen LogP) is 2.51. The van der Waals surface area contributed by atoms with Crippen LogP contribution in [0.25, 0.3) is 0 Å². The van der Waals surface area contributed by atoms with Crippen LogP contribution in [0.5, 0.6) is 0 Å².